The molecular weight excluding hydrogens is 462 g/mol. The molecule has 186 valence electrons. The number of aliphatic hydroxyl groups excluding tert-OH is 1. The molecule has 3 aromatic rings. The molecule has 0 aliphatic heterocycles. The summed E-state index contributed by atoms with van der Waals surface area (Å²) in [6.45, 7) is 5.39. The van der Waals surface area contributed by atoms with E-state index >= 15 is 0 Å². The highest BCUT2D eigenvalue weighted by Gasteiger charge is 2.29. The van der Waals surface area contributed by atoms with Crippen LogP contribution in [0, 0.1) is 0 Å². The number of primary amides is 1. The maximum absolute atomic E-state index is 12.6. The van der Waals surface area contributed by atoms with E-state index in [0.29, 0.717) is 24.1 Å². The second kappa shape index (κ2) is 12.0. The van der Waals surface area contributed by atoms with Crippen molar-refractivity contribution in [1.82, 2.24) is 10.3 Å². The van der Waals surface area contributed by atoms with Gasteiger partial charge in [-0.3, -0.25) is 4.79 Å². The maximum Gasteiger partial charge on any atom is 0.407 e. The van der Waals surface area contributed by atoms with Crippen molar-refractivity contribution in [2.75, 3.05) is 0 Å². The number of hydrogen-bond acceptors (Lipinski definition) is 6. The molecular formula is C27H33N3O4S. The molecule has 7 nitrogen and oxygen atoms in total. The normalized spacial score (nSPS) is 14.1. The maximum atomic E-state index is 12.6. The summed E-state index contributed by atoms with van der Waals surface area (Å²) in [5, 5.41) is 14.9. The summed E-state index contributed by atoms with van der Waals surface area (Å²) in [5.74, 6) is -0.703. The summed E-state index contributed by atoms with van der Waals surface area (Å²) in [6, 6.07) is 19.0. The van der Waals surface area contributed by atoms with E-state index in [1.165, 1.54) is 17.5 Å². The number of nitrogens with one attached hydrogen (secondary N) is 1. The minimum Gasteiger partial charge on any atom is -0.444 e. The Kier molecular flexibility index (Phi) is 9.01. The van der Waals surface area contributed by atoms with Gasteiger partial charge in [-0.2, -0.15) is 0 Å². The Morgan fingerprint density at radius 3 is 2.11 bits per heavy atom. The molecule has 0 aliphatic carbocycles. The molecule has 35 heavy (non-hydrogen) atoms. The number of alkyl carbamates (subject to hydrolysis) is 1. The lowest BCUT2D eigenvalue weighted by Gasteiger charge is -2.29. The average Bonchev–Trinajstić information content (AvgIpc) is 3.29. The van der Waals surface area contributed by atoms with Gasteiger partial charge in [-0.1, -0.05) is 60.7 Å². The summed E-state index contributed by atoms with van der Waals surface area (Å²) in [4.78, 5) is 29.0. The Morgan fingerprint density at radius 1 is 1.03 bits per heavy atom. The highest BCUT2D eigenvalue weighted by atomic mass is 32.1. The number of hydrogen-bond donors (Lipinski definition) is 3. The van der Waals surface area contributed by atoms with Gasteiger partial charge in [0.25, 0.3) is 5.91 Å². The van der Waals surface area contributed by atoms with Crippen molar-refractivity contribution in [2.45, 2.75) is 63.7 Å². The SMILES string of the molecule is CC(C)(C)OC(=O)N[C@@H](Cc1ccccc1)[C@@H](O)C[C@@H](Cc1ccccc1)c1ncc(C(N)=O)s1. The first-order valence-corrected chi connectivity index (χ1v) is 12.4. The van der Waals surface area contributed by atoms with Crippen LogP contribution in [0.5, 0.6) is 0 Å². The number of ether oxygens (including phenoxy) is 1. The Labute approximate surface area is 210 Å². The standard InChI is InChI=1S/C27H33N3O4S/c1-27(2,3)34-26(33)30-21(15-19-12-8-5-9-13-19)22(31)16-20(14-18-10-6-4-7-11-18)25-29-17-23(35-25)24(28)32/h4-13,17,20-22,31H,14-16H2,1-3H3,(H2,28,32)(H,30,33)/t20-,21+,22+/m1/s1. The fourth-order valence-electron chi connectivity index (χ4n) is 3.83. The summed E-state index contributed by atoms with van der Waals surface area (Å²) < 4.78 is 5.45. The highest BCUT2D eigenvalue weighted by Crippen LogP contribution is 2.30. The van der Waals surface area contributed by atoms with Crippen molar-refractivity contribution in [1.29, 1.82) is 0 Å². The molecule has 3 rings (SSSR count). The van der Waals surface area contributed by atoms with E-state index in [-0.39, 0.29) is 5.92 Å². The fraction of sp³-hybridized carbons (Fsp3) is 0.370. The topological polar surface area (TPSA) is 115 Å². The molecule has 0 spiro atoms. The molecule has 0 unspecified atom stereocenters. The molecule has 0 bridgehead atoms. The lowest BCUT2D eigenvalue weighted by Crippen LogP contribution is -2.47. The fourth-order valence-corrected chi connectivity index (χ4v) is 4.71. The molecule has 0 fully saturated rings. The quantitative estimate of drug-likeness (QED) is 0.384. The Hall–Kier alpha value is -3.23. The van der Waals surface area contributed by atoms with Crippen LogP contribution in [-0.4, -0.2) is 39.8 Å². The van der Waals surface area contributed by atoms with E-state index in [0.717, 1.165) is 16.1 Å². The van der Waals surface area contributed by atoms with Crippen molar-refractivity contribution in [3.05, 3.63) is 87.9 Å². The van der Waals surface area contributed by atoms with Crippen molar-refractivity contribution in [3.8, 4) is 0 Å². The van der Waals surface area contributed by atoms with Gasteiger partial charge in [-0.25, -0.2) is 9.78 Å². The molecule has 0 aliphatic rings. The van der Waals surface area contributed by atoms with E-state index in [1.807, 2.05) is 60.7 Å². The van der Waals surface area contributed by atoms with Gasteiger partial charge >= 0.3 is 6.09 Å². The van der Waals surface area contributed by atoms with Crippen molar-refractivity contribution >= 4 is 23.3 Å². The van der Waals surface area contributed by atoms with Gasteiger partial charge in [-0.15, -0.1) is 11.3 Å². The number of rotatable bonds is 10. The zero-order valence-corrected chi connectivity index (χ0v) is 21.1. The Balaban J connectivity index is 1.84. The first kappa shape index (κ1) is 26.4. The first-order chi connectivity index (χ1) is 16.6. The van der Waals surface area contributed by atoms with Gasteiger partial charge in [0.05, 0.1) is 23.4 Å². The van der Waals surface area contributed by atoms with E-state index < -0.39 is 29.7 Å². The Bertz CT molecular complexity index is 1100. The molecule has 8 heteroatoms. The molecule has 0 saturated carbocycles. The van der Waals surface area contributed by atoms with Crippen LogP contribution in [0.15, 0.2) is 66.9 Å². The van der Waals surface area contributed by atoms with Crippen LogP contribution in [-0.2, 0) is 17.6 Å². The van der Waals surface area contributed by atoms with Gasteiger partial charge in [0.2, 0.25) is 0 Å². The van der Waals surface area contributed by atoms with Gasteiger partial charge in [-0.05, 0) is 51.2 Å². The number of aliphatic hydroxyl groups is 1. The number of nitrogens with zero attached hydrogens (tertiary/aromatic N) is 1. The smallest absolute Gasteiger partial charge is 0.407 e. The van der Waals surface area contributed by atoms with Crippen LogP contribution < -0.4 is 11.1 Å². The largest absolute Gasteiger partial charge is 0.444 e. The monoisotopic (exact) mass is 495 g/mol. The minimum atomic E-state index is -0.891. The zero-order valence-electron chi connectivity index (χ0n) is 20.3. The molecule has 0 saturated heterocycles. The number of carbonyl (C=O) groups is 2. The number of nitrogens with two attached hydrogens (primary N) is 1. The molecule has 4 N–H and O–H groups in total. The summed E-state index contributed by atoms with van der Waals surface area (Å²) in [7, 11) is 0. The molecule has 0 radical (unpaired) electrons. The molecule has 1 heterocycles. The predicted octanol–water partition coefficient (Wildman–Crippen LogP) is 4.46. The number of aromatic nitrogens is 1. The van der Waals surface area contributed by atoms with Crippen LogP contribution >= 0.6 is 11.3 Å². The van der Waals surface area contributed by atoms with Crippen molar-refractivity contribution < 1.29 is 19.4 Å². The second-order valence-electron chi connectivity index (χ2n) is 9.56. The second-order valence-corrected chi connectivity index (χ2v) is 10.6. The van der Waals surface area contributed by atoms with Crippen LogP contribution in [0.1, 0.15) is 58.9 Å². The lowest BCUT2D eigenvalue weighted by atomic mass is 9.89. The number of thiazole rings is 1. The Morgan fingerprint density at radius 2 is 1.60 bits per heavy atom. The van der Waals surface area contributed by atoms with E-state index in [4.69, 9.17) is 10.5 Å². The molecule has 3 atom stereocenters. The summed E-state index contributed by atoms with van der Waals surface area (Å²) >= 11 is 1.24. The van der Waals surface area contributed by atoms with E-state index in [9.17, 15) is 14.7 Å². The summed E-state index contributed by atoms with van der Waals surface area (Å²) in [6.07, 6.45) is 1.39. The van der Waals surface area contributed by atoms with Gasteiger partial charge in [0.15, 0.2) is 0 Å². The van der Waals surface area contributed by atoms with Gasteiger partial charge in [0, 0.05) is 5.92 Å². The number of benzene rings is 2. The lowest BCUT2D eigenvalue weighted by molar-refractivity contribution is 0.0405. The van der Waals surface area contributed by atoms with Crippen LogP contribution in [0.25, 0.3) is 0 Å². The minimum absolute atomic E-state index is 0.177. The molecule has 2 aromatic carbocycles. The first-order valence-electron chi connectivity index (χ1n) is 11.6. The number of carbonyl (C=O) groups excluding carboxylic acids is 2. The van der Waals surface area contributed by atoms with E-state index in [2.05, 4.69) is 10.3 Å². The van der Waals surface area contributed by atoms with Crippen molar-refractivity contribution in [3.63, 3.8) is 0 Å². The third kappa shape index (κ3) is 8.49. The summed E-state index contributed by atoms with van der Waals surface area (Å²) in [5.41, 5.74) is 6.85. The zero-order chi connectivity index (χ0) is 25.4. The van der Waals surface area contributed by atoms with E-state index in [1.54, 1.807) is 20.8 Å². The van der Waals surface area contributed by atoms with Crippen LogP contribution in [0.2, 0.25) is 0 Å². The highest BCUT2D eigenvalue weighted by molar-refractivity contribution is 7.13. The van der Waals surface area contributed by atoms with Crippen LogP contribution in [0.4, 0.5) is 4.79 Å². The van der Waals surface area contributed by atoms with Gasteiger partial charge < -0.3 is 20.9 Å². The molecule has 2 amide bonds. The number of amides is 2. The third-order valence-electron chi connectivity index (χ3n) is 5.43. The predicted molar refractivity (Wildman–Crippen MR) is 137 cm³/mol. The average molecular weight is 496 g/mol. The third-order valence-corrected chi connectivity index (χ3v) is 6.61. The van der Waals surface area contributed by atoms with Gasteiger partial charge in [0.1, 0.15) is 10.5 Å². The molecule has 1 aromatic heterocycles. The van der Waals surface area contributed by atoms with Crippen LogP contribution in [0.3, 0.4) is 0 Å². The van der Waals surface area contributed by atoms with Crippen molar-refractivity contribution in [2.24, 2.45) is 5.73 Å².